The molecule has 0 atom stereocenters. The van der Waals surface area contributed by atoms with Gasteiger partial charge in [0.15, 0.2) is 0 Å². The van der Waals surface area contributed by atoms with Crippen LogP contribution in [0.25, 0.3) is 0 Å². The van der Waals surface area contributed by atoms with E-state index < -0.39 is 0 Å². The van der Waals surface area contributed by atoms with Gasteiger partial charge in [-0.15, -0.1) is 0 Å². The van der Waals surface area contributed by atoms with Crippen molar-refractivity contribution in [2.24, 2.45) is 0 Å². The fourth-order valence-corrected chi connectivity index (χ4v) is 0. The molecule has 0 unspecified atom stereocenters. The van der Waals surface area contributed by atoms with Gasteiger partial charge < -0.3 is 25.5 Å². The van der Waals surface area contributed by atoms with Crippen LogP contribution in [0.2, 0.25) is 0 Å². The first kappa shape index (κ1) is 36.0. The van der Waals surface area contributed by atoms with Crippen LogP contribution in [-0.2, 0) is 22.4 Å². The zero-order valence-electron chi connectivity index (χ0n) is 11.2. The molecule has 0 aliphatic heterocycles. The summed E-state index contributed by atoms with van der Waals surface area (Å²) in [7, 11) is 0. The molecule has 0 saturated carbocycles. The quantitative estimate of drug-likeness (QED) is 0.386. The van der Waals surface area contributed by atoms with Crippen molar-refractivity contribution in [2.75, 3.05) is 33.0 Å². The van der Waals surface area contributed by atoms with Crippen molar-refractivity contribution in [3.63, 3.8) is 0 Å². The molecule has 5 N–H and O–H groups in total. The van der Waals surface area contributed by atoms with Gasteiger partial charge in [0.25, 0.3) is 0 Å². The molecule has 0 amide bonds. The number of aliphatic hydroxyl groups excluding tert-OH is 5. The molecule has 0 heterocycles. The molecule has 0 bridgehead atoms. The van der Waals surface area contributed by atoms with Crippen molar-refractivity contribution >= 4 is 0 Å². The molecule has 0 saturated heterocycles. The summed E-state index contributed by atoms with van der Waals surface area (Å²) >= 11 is 0. The molecule has 0 fully saturated rings. The first-order chi connectivity index (χ1) is 7.07. The smallest absolute Gasteiger partial charge is 0.0402 e. The van der Waals surface area contributed by atoms with E-state index in [1.807, 2.05) is 0 Å². The van der Waals surface area contributed by atoms with Crippen LogP contribution in [0.3, 0.4) is 0 Å². The largest absolute Gasteiger partial charge is 0.397 e. The topological polar surface area (TPSA) is 101 Å². The maximum atomic E-state index is 7.57. The van der Waals surface area contributed by atoms with Crippen molar-refractivity contribution in [3.05, 3.63) is 0 Å². The molecule has 0 spiro atoms. The van der Waals surface area contributed by atoms with Gasteiger partial charge in [0.05, 0.1) is 0 Å². The zero-order valence-corrected chi connectivity index (χ0v) is 14.4. The van der Waals surface area contributed by atoms with Crippen LogP contribution in [0.15, 0.2) is 0 Å². The Hall–Kier alpha value is 0.540. The monoisotopic (exact) mass is 411 g/mol. The van der Waals surface area contributed by atoms with Crippen molar-refractivity contribution in [2.45, 2.75) is 34.6 Å². The average Bonchev–Trinajstić information content (AvgIpc) is 2.09. The third kappa shape index (κ3) is 9130. The second kappa shape index (κ2) is 107. The summed E-state index contributed by atoms with van der Waals surface area (Å²) in [5.74, 6) is 0. The van der Waals surface area contributed by atoms with Gasteiger partial charge in [-0.3, -0.25) is 0 Å². The standard InChI is InChI=1S/5C2H6O.Ta/c5*1-2-3;/h5*3H,2H2,1H3;. The summed E-state index contributed by atoms with van der Waals surface area (Å²) in [6.45, 7) is 9.65. The van der Waals surface area contributed by atoms with Crippen LogP contribution in [0, 0.1) is 0 Å². The van der Waals surface area contributed by atoms with Crippen LogP contribution in [0.4, 0.5) is 0 Å². The van der Waals surface area contributed by atoms with Gasteiger partial charge in [0.1, 0.15) is 0 Å². The van der Waals surface area contributed by atoms with E-state index in [9.17, 15) is 0 Å². The van der Waals surface area contributed by atoms with Gasteiger partial charge in [-0.1, -0.05) is 0 Å². The number of hydrogen-bond donors (Lipinski definition) is 5. The van der Waals surface area contributed by atoms with Crippen molar-refractivity contribution < 1.29 is 47.9 Å². The predicted octanol–water partition coefficient (Wildman–Crippen LogP) is -0.00950. The Bertz CT molecular complexity index is 30.8. The molecule has 0 aliphatic carbocycles. The van der Waals surface area contributed by atoms with E-state index in [4.69, 9.17) is 25.5 Å². The normalized spacial score (nSPS) is 5.62. The van der Waals surface area contributed by atoms with Crippen molar-refractivity contribution in [3.8, 4) is 0 Å². The van der Waals surface area contributed by atoms with Gasteiger partial charge in [-0.05, 0) is 34.6 Å². The Morgan fingerprint density at radius 2 is 0.438 bits per heavy atom. The molecule has 105 valence electrons. The number of rotatable bonds is 0. The summed E-state index contributed by atoms with van der Waals surface area (Å²) in [6.07, 6.45) is 0. The second-order valence-corrected chi connectivity index (χ2v) is 1.58. The molecule has 16 heavy (non-hydrogen) atoms. The SMILES string of the molecule is CCO.CCO.CCO.CCO.CCO.[Ta]. The van der Waals surface area contributed by atoms with E-state index in [-0.39, 0.29) is 55.4 Å². The summed E-state index contributed by atoms with van der Waals surface area (Å²) < 4.78 is 0. The van der Waals surface area contributed by atoms with Crippen LogP contribution in [0.1, 0.15) is 34.6 Å². The van der Waals surface area contributed by atoms with Crippen LogP contribution < -0.4 is 0 Å². The minimum atomic E-state index is 0. The van der Waals surface area contributed by atoms with Crippen LogP contribution >= 0.6 is 0 Å². The second-order valence-electron chi connectivity index (χ2n) is 1.58. The van der Waals surface area contributed by atoms with Gasteiger partial charge in [-0.25, -0.2) is 0 Å². The molecule has 1 radical (unpaired) electrons. The maximum Gasteiger partial charge on any atom is 0.0402 e. The Labute approximate surface area is 116 Å². The summed E-state index contributed by atoms with van der Waals surface area (Å²) in [6, 6.07) is 0. The van der Waals surface area contributed by atoms with Crippen molar-refractivity contribution in [1.82, 2.24) is 0 Å². The fraction of sp³-hybridized carbons (Fsp3) is 1.00. The molecular weight excluding hydrogens is 381 g/mol. The van der Waals surface area contributed by atoms with Gasteiger partial charge in [0.2, 0.25) is 0 Å². The molecule has 6 heteroatoms. The summed E-state index contributed by atoms with van der Waals surface area (Å²) in [4.78, 5) is 0. The third-order valence-corrected chi connectivity index (χ3v) is 0. The number of aliphatic hydroxyl groups is 5. The maximum absolute atomic E-state index is 7.57. The van der Waals surface area contributed by atoms with E-state index >= 15 is 0 Å². The van der Waals surface area contributed by atoms with E-state index in [2.05, 4.69) is 0 Å². The molecule has 0 rings (SSSR count). The molecular formula is C10H30O5Ta. The van der Waals surface area contributed by atoms with Gasteiger partial charge >= 0.3 is 0 Å². The molecule has 0 aromatic heterocycles. The Balaban J connectivity index is -0.0000000192. The van der Waals surface area contributed by atoms with Crippen molar-refractivity contribution in [1.29, 1.82) is 0 Å². The van der Waals surface area contributed by atoms with E-state index in [0.717, 1.165) is 0 Å². The predicted molar refractivity (Wildman–Crippen MR) is 63.8 cm³/mol. The fourth-order valence-electron chi connectivity index (χ4n) is 0. The first-order valence-electron chi connectivity index (χ1n) is 5.12. The van der Waals surface area contributed by atoms with E-state index in [0.29, 0.717) is 0 Å². The van der Waals surface area contributed by atoms with Gasteiger partial charge in [0, 0.05) is 55.4 Å². The van der Waals surface area contributed by atoms with Crippen LogP contribution in [-0.4, -0.2) is 58.6 Å². The van der Waals surface area contributed by atoms with E-state index in [1.165, 1.54) is 0 Å². The molecule has 0 aliphatic rings. The Morgan fingerprint density at radius 1 is 0.438 bits per heavy atom. The minimum Gasteiger partial charge on any atom is -0.397 e. The number of hydrogen-bond acceptors (Lipinski definition) is 5. The molecule has 5 nitrogen and oxygen atoms in total. The Morgan fingerprint density at radius 3 is 0.438 bits per heavy atom. The Kier molecular flexibility index (Phi) is 241. The van der Waals surface area contributed by atoms with Gasteiger partial charge in [-0.2, -0.15) is 0 Å². The van der Waals surface area contributed by atoms with E-state index in [1.54, 1.807) is 34.6 Å². The third-order valence-electron chi connectivity index (χ3n) is 0. The van der Waals surface area contributed by atoms with Crippen LogP contribution in [0.5, 0.6) is 0 Å². The average molecular weight is 411 g/mol. The summed E-state index contributed by atoms with van der Waals surface area (Å²) in [5, 5.41) is 37.8. The first-order valence-corrected chi connectivity index (χ1v) is 5.12. The zero-order chi connectivity index (χ0) is 13.5. The molecule has 0 aromatic carbocycles. The summed E-state index contributed by atoms with van der Waals surface area (Å²) in [5.41, 5.74) is 0. The molecule has 0 aromatic rings. The minimum absolute atomic E-state index is 0.